The highest BCUT2D eigenvalue weighted by molar-refractivity contribution is 5.94. The van der Waals surface area contributed by atoms with Gasteiger partial charge in [0.25, 0.3) is 0 Å². The fourth-order valence-corrected chi connectivity index (χ4v) is 2.75. The van der Waals surface area contributed by atoms with Gasteiger partial charge in [-0.05, 0) is 19.9 Å². The van der Waals surface area contributed by atoms with Gasteiger partial charge in [0.05, 0.1) is 31.0 Å². The van der Waals surface area contributed by atoms with Crippen LogP contribution in [0.1, 0.15) is 19.4 Å². The molecule has 0 spiro atoms. The molecule has 1 aliphatic heterocycles. The molecule has 7 heteroatoms. The number of urea groups is 1. The van der Waals surface area contributed by atoms with Crippen molar-refractivity contribution in [3.63, 3.8) is 0 Å². The molecule has 0 saturated heterocycles. The summed E-state index contributed by atoms with van der Waals surface area (Å²) in [6.07, 6.45) is 0. The lowest BCUT2D eigenvalue weighted by Gasteiger charge is -2.27. The van der Waals surface area contributed by atoms with E-state index < -0.39 is 12.0 Å². The Kier molecular flexibility index (Phi) is 5.92. The first-order chi connectivity index (χ1) is 11.4. The Morgan fingerprint density at radius 3 is 2.71 bits per heavy atom. The van der Waals surface area contributed by atoms with E-state index in [1.807, 2.05) is 7.05 Å². The quantitative estimate of drug-likeness (QED) is 0.657. The molecule has 0 saturated carbocycles. The first-order valence-electron chi connectivity index (χ1n) is 7.94. The maximum atomic E-state index is 13.8. The van der Waals surface area contributed by atoms with Gasteiger partial charge in [-0.1, -0.05) is 18.2 Å². The van der Waals surface area contributed by atoms with Gasteiger partial charge in [0.1, 0.15) is 18.9 Å². The van der Waals surface area contributed by atoms with Crippen LogP contribution in [-0.2, 0) is 16.1 Å². The molecule has 3 N–H and O–H groups in total. The van der Waals surface area contributed by atoms with Crippen LogP contribution in [0, 0.1) is 5.82 Å². The number of likely N-dealkylation sites (N-methyl/N-ethyl adjacent to an activating group) is 1. The number of esters is 1. The number of nitrogens with one attached hydrogen (secondary N) is 3. The summed E-state index contributed by atoms with van der Waals surface area (Å²) in [4.78, 5) is 24.8. The number of amides is 2. The summed E-state index contributed by atoms with van der Waals surface area (Å²) in [6, 6.07) is 5.77. The van der Waals surface area contributed by atoms with Crippen LogP contribution in [0.2, 0.25) is 0 Å². The van der Waals surface area contributed by atoms with Crippen molar-refractivity contribution in [2.75, 3.05) is 20.2 Å². The van der Waals surface area contributed by atoms with Gasteiger partial charge in [-0.3, -0.25) is 0 Å². The van der Waals surface area contributed by atoms with E-state index >= 15 is 0 Å². The molecule has 0 radical (unpaired) electrons. The molecule has 130 valence electrons. The van der Waals surface area contributed by atoms with Crippen LogP contribution < -0.4 is 15.5 Å². The highest BCUT2D eigenvalue weighted by Gasteiger charge is 2.31. The Balaban J connectivity index is 2.19. The van der Waals surface area contributed by atoms with Crippen molar-refractivity contribution < 1.29 is 23.6 Å². The zero-order valence-electron chi connectivity index (χ0n) is 14.1. The topological polar surface area (TPSA) is 71.9 Å². The van der Waals surface area contributed by atoms with E-state index in [0.717, 1.165) is 4.90 Å². The standard InChI is InChI=1S/C17H22FN3O3/c1-4-24-16(22)15-11(2)19-17(23)20-14(15)10-21(3)9-12-7-5-6-8-13(12)18/h5-8,11H,4,9-10H2,1-3H3,(H2,19,20,23)/p+1/t11-/m0/s1. The van der Waals surface area contributed by atoms with Crippen LogP contribution in [0.3, 0.4) is 0 Å². The highest BCUT2D eigenvalue weighted by Crippen LogP contribution is 2.13. The Morgan fingerprint density at radius 1 is 1.33 bits per heavy atom. The third kappa shape index (κ3) is 4.32. The summed E-state index contributed by atoms with van der Waals surface area (Å²) in [5.41, 5.74) is 1.50. The average molecular weight is 336 g/mol. The van der Waals surface area contributed by atoms with Gasteiger partial charge in [-0.15, -0.1) is 0 Å². The maximum absolute atomic E-state index is 13.8. The molecule has 2 rings (SSSR count). The molecule has 0 fully saturated rings. The van der Waals surface area contributed by atoms with Crippen molar-refractivity contribution in [1.29, 1.82) is 0 Å². The van der Waals surface area contributed by atoms with E-state index in [1.54, 1.807) is 32.0 Å². The Bertz CT molecular complexity index is 660. The number of carbonyl (C=O) groups is 2. The summed E-state index contributed by atoms with van der Waals surface area (Å²) in [5.74, 6) is -0.717. The predicted octanol–water partition coefficient (Wildman–Crippen LogP) is 0.359. The van der Waals surface area contributed by atoms with Gasteiger partial charge in [0, 0.05) is 5.56 Å². The fraction of sp³-hybridized carbons (Fsp3) is 0.412. The van der Waals surface area contributed by atoms with Gasteiger partial charge in [-0.25, -0.2) is 14.0 Å². The minimum atomic E-state index is -0.453. The summed E-state index contributed by atoms with van der Waals surface area (Å²) >= 11 is 0. The van der Waals surface area contributed by atoms with Gasteiger partial charge in [0.15, 0.2) is 0 Å². The molecule has 0 aromatic heterocycles. The molecule has 24 heavy (non-hydrogen) atoms. The monoisotopic (exact) mass is 336 g/mol. The Labute approximate surface area is 140 Å². The molecule has 1 unspecified atom stereocenters. The third-order valence-corrected chi connectivity index (χ3v) is 3.79. The van der Waals surface area contributed by atoms with Gasteiger partial charge in [0.2, 0.25) is 0 Å². The molecule has 0 bridgehead atoms. The van der Waals surface area contributed by atoms with Crippen molar-refractivity contribution in [3.05, 3.63) is 46.9 Å². The SMILES string of the molecule is CCOC(=O)C1=C(C[NH+](C)Cc2ccccc2F)NC(=O)N[C@H]1C. The first-order valence-corrected chi connectivity index (χ1v) is 7.94. The number of benzene rings is 1. The Hall–Kier alpha value is -2.41. The molecule has 1 aromatic carbocycles. The molecular weight excluding hydrogens is 313 g/mol. The smallest absolute Gasteiger partial charge is 0.338 e. The van der Waals surface area contributed by atoms with Crippen molar-refractivity contribution in [2.24, 2.45) is 0 Å². The van der Waals surface area contributed by atoms with Crippen molar-refractivity contribution >= 4 is 12.0 Å². The third-order valence-electron chi connectivity index (χ3n) is 3.79. The molecular formula is C17H23FN3O3+. The average Bonchev–Trinajstić information content (AvgIpc) is 2.49. The zero-order valence-corrected chi connectivity index (χ0v) is 14.1. The van der Waals surface area contributed by atoms with Gasteiger partial charge >= 0.3 is 12.0 Å². The second-order valence-corrected chi connectivity index (χ2v) is 5.83. The lowest BCUT2D eigenvalue weighted by Crippen LogP contribution is -3.08. The van der Waals surface area contributed by atoms with Crippen LogP contribution in [0.4, 0.5) is 9.18 Å². The zero-order chi connectivity index (χ0) is 17.7. The molecule has 2 amide bonds. The summed E-state index contributed by atoms with van der Waals surface area (Å²) in [7, 11) is 1.88. The Morgan fingerprint density at radius 2 is 2.04 bits per heavy atom. The van der Waals surface area contributed by atoms with Crippen LogP contribution in [0.25, 0.3) is 0 Å². The summed E-state index contributed by atoms with van der Waals surface area (Å²) in [6.45, 7) is 4.53. The van der Waals surface area contributed by atoms with E-state index in [4.69, 9.17) is 4.74 Å². The van der Waals surface area contributed by atoms with E-state index in [9.17, 15) is 14.0 Å². The minimum absolute atomic E-state index is 0.258. The summed E-state index contributed by atoms with van der Waals surface area (Å²) < 4.78 is 18.9. The number of rotatable bonds is 6. The van der Waals surface area contributed by atoms with E-state index in [1.165, 1.54) is 6.07 Å². The largest absolute Gasteiger partial charge is 0.463 e. The number of hydrogen-bond acceptors (Lipinski definition) is 3. The van der Waals surface area contributed by atoms with E-state index in [0.29, 0.717) is 29.9 Å². The molecule has 1 aromatic rings. The second-order valence-electron chi connectivity index (χ2n) is 5.83. The van der Waals surface area contributed by atoms with Crippen molar-refractivity contribution in [2.45, 2.75) is 26.4 Å². The fourth-order valence-electron chi connectivity index (χ4n) is 2.75. The highest BCUT2D eigenvalue weighted by atomic mass is 19.1. The molecule has 2 atom stereocenters. The van der Waals surface area contributed by atoms with E-state index in [-0.39, 0.29) is 18.5 Å². The first kappa shape index (κ1) is 17.9. The number of hydrogen-bond donors (Lipinski definition) is 3. The molecule has 1 aliphatic rings. The lowest BCUT2D eigenvalue weighted by molar-refractivity contribution is -0.889. The number of carbonyl (C=O) groups excluding carboxylic acids is 2. The normalized spacial score (nSPS) is 18.7. The number of halogens is 1. The van der Waals surface area contributed by atoms with E-state index in [2.05, 4.69) is 10.6 Å². The van der Waals surface area contributed by atoms with Crippen molar-refractivity contribution in [3.8, 4) is 0 Å². The molecule has 1 heterocycles. The summed E-state index contributed by atoms with van der Waals surface area (Å²) in [5, 5.41) is 5.33. The van der Waals surface area contributed by atoms with Gasteiger partial charge < -0.3 is 20.3 Å². The molecule has 0 aliphatic carbocycles. The number of ether oxygens (including phenoxy) is 1. The molecule has 6 nitrogen and oxygen atoms in total. The van der Waals surface area contributed by atoms with Crippen LogP contribution in [0.5, 0.6) is 0 Å². The maximum Gasteiger partial charge on any atom is 0.338 e. The minimum Gasteiger partial charge on any atom is -0.463 e. The van der Waals surface area contributed by atoms with Crippen molar-refractivity contribution in [1.82, 2.24) is 10.6 Å². The number of quaternary nitrogens is 1. The van der Waals surface area contributed by atoms with Gasteiger partial charge in [-0.2, -0.15) is 0 Å². The van der Waals surface area contributed by atoms with Crippen LogP contribution in [-0.4, -0.2) is 38.2 Å². The lowest BCUT2D eigenvalue weighted by atomic mass is 10.0. The predicted molar refractivity (Wildman–Crippen MR) is 86.6 cm³/mol. The van der Waals surface area contributed by atoms with Crippen LogP contribution in [0.15, 0.2) is 35.5 Å². The van der Waals surface area contributed by atoms with Crippen LogP contribution >= 0.6 is 0 Å². The second kappa shape index (κ2) is 7.92.